The number of guanidine groups is 1. The summed E-state index contributed by atoms with van der Waals surface area (Å²) in [7, 11) is 3.54. The second kappa shape index (κ2) is 6.95. The van der Waals surface area contributed by atoms with Crippen LogP contribution in [0, 0.1) is 0 Å². The molecule has 16 heavy (non-hydrogen) atoms. The average molecular weight is 242 g/mol. The molecule has 0 heterocycles. The normalized spacial score (nSPS) is 11.1. The Hall–Kier alpha value is -1.42. The van der Waals surface area contributed by atoms with E-state index in [1.165, 1.54) is 0 Å². The molecule has 1 aromatic rings. The zero-order valence-corrected chi connectivity index (χ0v) is 10.2. The highest BCUT2D eigenvalue weighted by Crippen LogP contribution is 2.14. The number of nitrogens with one attached hydrogen (secondary N) is 2. The lowest BCUT2D eigenvalue weighted by molar-refractivity contribution is 0.322. The van der Waals surface area contributed by atoms with Crippen molar-refractivity contribution in [1.29, 1.82) is 0 Å². The van der Waals surface area contributed by atoms with Crippen molar-refractivity contribution in [1.82, 2.24) is 10.6 Å². The van der Waals surface area contributed by atoms with Gasteiger partial charge in [0.15, 0.2) is 5.96 Å². The van der Waals surface area contributed by atoms with Crippen LogP contribution in [0.15, 0.2) is 29.3 Å². The lowest BCUT2D eigenvalue weighted by Crippen LogP contribution is -2.37. The molecule has 0 aliphatic rings. The quantitative estimate of drug-likeness (QED) is 0.477. The van der Waals surface area contributed by atoms with Crippen LogP contribution in [0.5, 0.6) is 5.75 Å². The predicted molar refractivity (Wildman–Crippen MR) is 67.4 cm³/mol. The van der Waals surface area contributed by atoms with Gasteiger partial charge in [-0.25, -0.2) is 0 Å². The lowest BCUT2D eigenvalue weighted by Gasteiger charge is -2.09. The molecule has 0 bridgehead atoms. The number of benzene rings is 1. The third-order valence-electron chi connectivity index (χ3n) is 1.94. The van der Waals surface area contributed by atoms with Gasteiger partial charge in [-0.05, 0) is 24.3 Å². The van der Waals surface area contributed by atoms with Gasteiger partial charge < -0.3 is 15.4 Å². The first-order chi connectivity index (χ1) is 7.76. The molecule has 1 aromatic carbocycles. The first kappa shape index (κ1) is 12.6. The summed E-state index contributed by atoms with van der Waals surface area (Å²) in [5.74, 6) is 1.56. The Labute approximate surface area is 101 Å². The topological polar surface area (TPSA) is 45.7 Å². The van der Waals surface area contributed by atoms with E-state index in [1.54, 1.807) is 19.2 Å². The number of hydrogen-bond acceptors (Lipinski definition) is 2. The van der Waals surface area contributed by atoms with Crippen molar-refractivity contribution < 1.29 is 4.74 Å². The molecule has 0 aliphatic carbocycles. The molecule has 0 fully saturated rings. The molecule has 0 amide bonds. The molecular weight excluding hydrogens is 226 g/mol. The fraction of sp³-hybridized carbons (Fsp3) is 0.364. The Balaban J connectivity index is 2.23. The van der Waals surface area contributed by atoms with E-state index in [9.17, 15) is 0 Å². The van der Waals surface area contributed by atoms with Crippen molar-refractivity contribution >= 4 is 17.6 Å². The fourth-order valence-corrected chi connectivity index (χ4v) is 1.27. The van der Waals surface area contributed by atoms with Gasteiger partial charge in [0.05, 0.1) is 6.54 Å². The molecule has 88 valence electrons. The summed E-state index contributed by atoms with van der Waals surface area (Å²) >= 11 is 5.76. The van der Waals surface area contributed by atoms with Gasteiger partial charge in [-0.15, -0.1) is 0 Å². The van der Waals surface area contributed by atoms with E-state index < -0.39 is 0 Å². The Morgan fingerprint density at radius 1 is 1.38 bits per heavy atom. The summed E-state index contributed by atoms with van der Waals surface area (Å²) in [5.41, 5.74) is 0. The van der Waals surface area contributed by atoms with Gasteiger partial charge in [0.1, 0.15) is 12.4 Å². The average Bonchev–Trinajstić information content (AvgIpc) is 2.32. The highest BCUT2D eigenvalue weighted by molar-refractivity contribution is 6.30. The highest BCUT2D eigenvalue weighted by atomic mass is 35.5. The van der Waals surface area contributed by atoms with Crippen LogP contribution in [-0.2, 0) is 0 Å². The molecule has 5 heteroatoms. The van der Waals surface area contributed by atoms with Crippen LogP contribution in [0.3, 0.4) is 0 Å². The third kappa shape index (κ3) is 4.40. The number of aliphatic imine (C=N–C) groups is 1. The van der Waals surface area contributed by atoms with Crippen molar-refractivity contribution in [2.24, 2.45) is 4.99 Å². The summed E-state index contributed by atoms with van der Waals surface area (Å²) in [4.78, 5) is 3.98. The van der Waals surface area contributed by atoms with E-state index in [1.807, 2.05) is 19.2 Å². The molecule has 0 radical (unpaired) electrons. The van der Waals surface area contributed by atoms with Gasteiger partial charge in [0.2, 0.25) is 0 Å². The molecule has 0 unspecified atom stereocenters. The zero-order chi connectivity index (χ0) is 11.8. The number of hydrogen-bond donors (Lipinski definition) is 2. The minimum atomic E-state index is 0.572. The van der Waals surface area contributed by atoms with Crippen molar-refractivity contribution in [3.63, 3.8) is 0 Å². The maximum absolute atomic E-state index is 5.76. The van der Waals surface area contributed by atoms with Gasteiger partial charge in [0, 0.05) is 19.1 Å². The molecule has 0 saturated heterocycles. The fourth-order valence-electron chi connectivity index (χ4n) is 1.15. The molecule has 0 atom stereocenters. The maximum atomic E-state index is 5.76. The van der Waals surface area contributed by atoms with Gasteiger partial charge in [-0.2, -0.15) is 0 Å². The van der Waals surface area contributed by atoms with E-state index >= 15 is 0 Å². The minimum Gasteiger partial charge on any atom is -0.492 e. The van der Waals surface area contributed by atoms with Crippen LogP contribution in [0.4, 0.5) is 0 Å². The van der Waals surface area contributed by atoms with Crippen LogP contribution < -0.4 is 15.4 Å². The van der Waals surface area contributed by atoms with Crippen LogP contribution in [-0.4, -0.2) is 33.2 Å². The molecule has 1 rings (SSSR count). The zero-order valence-electron chi connectivity index (χ0n) is 9.46. The van der Waals surface area contributed by atoms with Crippen LogP contribution >= 0.6 is 11.6 Å². The molecule has 0 spiro atoms. The molecule has 0 aromatic heterocycles. The summed E-state index contributed by atoms with van der Waals surface area (Å²) in [6.07, 6.45) is 0. The van der Waals surface area contributed by atoms with Gasteiger partial charge in [-0.1, -0.05) is 11.6 Å². The summed E-state index contributed by atoms with van der Waals surface area (Å²) in [6.45, 7) is 1.26. The van der Waals surface area contributed by atoms with E-state index in [0.717, 1.165) is 11.7 Å². The Bertz CT molecular complexity index is 338. The molecule has 4 nitrogen and oxygen atoms in total. The van der Waals surface area contributed by atoms with Crippen molar-refractivity contribution in [3.8, 4) is 5.75 Å². The summed E-state index contributed by atoms with van der Waals surface area (Å²) < 4.78 is 5.50. The number of rotatable bonds is 4. The van der Waals surface area contributed by atoms with Gasteiger partial charge >= 0.3 is 0 Å². The monoisotopic (exact) mass is 241 g/mol. The smallest absolute Gasteiger partial charge is 0.190 e. The van der Waals surface area contributed by atoms with Crippen LogP contribution in [0.25, 0.3) is 0 Å². The number of ether oxygens (including phenoxy) is 1. The van der Waals surface area contributed by atoms with E-state index in [4.69, 9.17) is 16.3 Å². The van der Waals surface area contributed by atoms with Crippen molar-refractivity contribution in [2.75, 3.05) is 27.2 Å². The highest BCUT2D eigenvalue weighted by Gasteiger charge is 1.95. The van der Waals surface area contributed by atoms with E-state index in [-0.39, 0.29) is 0 Å². The van der Waals surface area contributed by atoms with Crippen molar-refractivity contribution in [2.45, 2.75) is 0 Å². The van der Waals surface area contributed by atoms with Gasteiger partial charge in [-0.3, -0.25) is 4.99 Å². The summed E-state index contributed by atoms with van der Waals surface area (Å²) in [5, 5.41) is 6.72. The third-order valence-corrected chi connectivity index (χ3v) is 2.19. The Morgan fingerprint density at radius 2 is 2.06 bits per heavy atom. The van der Waals surface area contributed by atoms with Crippen LogP contribution in [0.2, 0.25) is 5.02 Å². The van der Waals surface area contributed by atoms with Crippen LogP contribution in [0.1, 0.15) is 0 Å². The second-order valence-electron chi connectivity index (χ2n) is 3.05. The first-order valence-electron chi connectivity index (χ1n) is 5.03. The number of halogens is 1. The molecule has 0 saturated carbocycles. The van der Waals surface area contributed by atoms with Gasteiger partial charge in [0.25, 0.3) is 0 Å². The molecular formula is C11H16ClN3O. The minimum absolute atomic E-state index is 0.572. The summed E-state index contributed by atoms with van der Waals surface area (Å²) in [6, 6.07) is 7.29. The standard InChI is InChI=1S/C11H16ClN3O/c1-13-11(14-2)15-7-8-16-10-5-3-9(12)4-6-10/h3-6H,7-8H2,1-2H3,(H2,13,14,15). The largest absolute Gasteiger partial charge is 0.492 e. The predicted octanol–water partition coefficient (Wildman–Crippen LogP) is 1.51. The number of nitrogens with zero attached hydrogens (tertiary/aromatic N) is 1. The SMILES string of the molecule is CN=C(NC)NCCOc1ccc(Cl)cc1. The lowest BCUT2D eigenvalue weighted by atomic mass is 10.3. The maximum Gasteiger partial charge on any atom is 0.190 e. The Morgan fingerprint density at radius 3 is 2.62 bits per heavy atom. The first-order valence-corrected chi connectivity index (χ1v) is 5.41. The Kier molecular flexibility index (Phi) is 5.50. The van der Waals surface area contributed by atoms with Crippen molar-refractivity contribution in [3.05, 3.63) is 29.3 Å². The second-order valence-corrected chi connectivity index (χ2v) is 3.49. The molecule has 0 aliphatic heterocycles. The molecule has 2 N–H and O–H groups in total. The van der Waals surface area contributed by atoms with E-state index in [0.29, 0.717) is 18.2 Å². The van der Waals surface area contributed by atoms with E-state index in [2.05, 4.69) is 15.6 Å².